The molecule has 1 aromatic heterocycles. The first-order valence-electron chi connectivity index (χ1n) is 6.79. The minimum Gasteiger partial charge on any atom is -0.394 e. The fourth-order valence-electron chi connectivity index (χ4n) is 2.27. The number of methoxy groups -OCH3 is 1. The Morgan fingerprint density at radius 1 is 1.57 bits per heavy atom. The summed E-state index contributed by atoms with van der Waals surface area (Å²) in [7, 11) is 1.58. The zero-order valence-corrected chi connectivity index (χ0v) is 12.2. The summed E-state index contributed by atoms with van der Waals surface area (Å²) in [6.07, 6.45) is 0.758. The van der Waals surface area contributed by atoms with Crippen LogP contribution in [0.3, 0.4) is 0 Å². The lowest BCUT2D eigenvalue weighted by atomic mass is 10.2. The van der Waals surface area contributed by atoms with Crippen LogP contribution in [-0.4, -0.2) is 53.8 Å². The Morgan fingerprint density at radius 3 is 3.00 bits per heavy atom. The second kappa shape index (κ2) is 6.99. The summed E-state index contributed by atoms with van der Waals surface area (Å²) in [6, 6.07) is 0. The zero-order valence-electron chi connectivity index (χ0n) is 12.2. The van der Waals surface area contributed by atoms with Crippen molar-refractivity contribution in [1.29, 1.82) is 0 Å². The molecule has 1 aliphatic heterocycles. The lowest BCUT2D eigenvalue weighted by molar-refractivity contribution is -0.0786. The van der Waals surface area contributed by atoms with E-state index >= 15 is 0 Å². The van der Waals surface area contributed by atoms with Gasteiger partial charge in [0.1, 0.15) is 11.9 Å². The first-order valence-corrected chi connectivity index (χ1v) is 6.79. The van der Waals surface area contributed by atoms with Gasteiger partial charge < -0.3 is 25.1 Å². The van der Waals surface area contributed by atoms with Gasteiger partial charge in [0.25, 0.3) is 0 Å². The number of aliphatic hydroxyl groups excluding tert-OH is 1. The normalized spacial score (nSPS) is 25.4. The molecule has 0 bridgehead atoms. The van der Waals surface area contributed by atoms with E-state index in [9.17, 15) is 9.90 Å². The second-order valence-electron chi connectivity index (χ2n) is 4.97. The maximum atomic E-state index is 12.0. The van der Waals surface area contributed by atoms with Crippen molar-refractivity contribution in [2.45, 2.75) is 31.8 Å². The highest BCUT2D eigenvalue weighted by Gasteiger charge is 2.37. The molecule has 8 nitrogen and oxygen atoms in total. The number of rotatable bonds is 6. The Hall–Kier alpha value is -1.48. The fourth-order valence-corrected chi connectivity index (χ4v) is 2.27. The van der Waals surface area contributed by atoms with E-state index in [4.69, 9.17) is 19.9 Å². The maximum Gasteiger partial charge on any atom is 0.351 e. The van der Waals surface area contributed by atoms with Gasteiger partial charge in [0, 0.05) is 25.3 Å². The first-order chi connectivity index (χ1) is 10.1. The third-order valence-corrected chi connectivity index (χ3v) is 3.42. The van der Waals surface area contributed by atoms with Gasteiger partial charge in [-0.3, -0.25) is 4.57 Å². The monoisotopic (exact) mass is 299 g/mol. The van der Waals surface area contributed by atoms with E-state index in [2.05, 4.69) is 4.98 Å². The number of aliphatic hydroxyl groups is 1. The molecule has 1 aliphatic rings. The van der Waals surface area contributed by atoms with Gasteiger partial charge in [-0.2, -0.15) is 4.98 Å². The van der Waals surface area contributed by atoms with Gasteiger partial charge in [0.2, 0.25) is 0 Å². The van der Waals surface area contributed by atoms with Gasteiger partial charge in [0.15, 0.2) is 6.23 Å². The number of aryl methyl sites for hydroxylation is 1. The highest BCUT2D eigenvalue weighted by Crippen LogP contribution is 2.30. The van der Waals surface area contributed by atoms with Crippen molar-refractivity contribution in [2.24, 2.45) is 0 Å². The molecule has 3 atom stereocenters. The highest BCUT2D eigenvalue weighted by molar-refractivity contribution is 5.35. The van der Waals surface area contributed by atoms with Crippen molar-refractivity contribution in [1.82, 2.24) is 9.55 Å². The molecule has 0 unspecified atom stereocenters. The van der Waals surface area contributed by atoms with Crippen LogP contribution >= 0.6 is 0 Å². The summed E-state index contributed by atoms with van der Waals surface area (Å²) < 4.78 is 17.7. The van der Waals surface area contributed by atoms with Crippen LogP contribution in [0.15, 0.2) is 11.0 Å². The molecule has 0 amide bonds. The van der Waals surface area contributed by atoms with E-state index in [0.29, 0.717) is 25.2 Å². The highest BCUT2D eigenvalue weighted by atomic mass is 16.6. The van der Waals surface area contributed by atoms with Gasteiger partial charge in [-0.15, -0.1) is 0 Å². The molecule has 8 heteroatoms. The maximum absolute atomic E-state index is 12.0. The average molecular weight is 299 g/mol. The van der Waals surface area contributed by atoms with E-state index in [1.54, 1.807) is 20.2 Å². The van der Waals surface area contributed by atoms with Gasteiger partial charge in [0.05, 0.1) is 25.9 Å². The van der Waals surface area contributed by atoms with Gasteiger partial charge >= 0.3 is 5.69 Å². The van der Waals surface area contributed by atoms with E-state index in [1.165, 1.54) is 4.57 Å². The predicted molar refractivity (Wildman–Crippen MR) is 74.9 cm³/mol. The van der Waals surface area contributed by atoms with Crippen molar-refractivity contribution in [3.63, 3.8) is 0 Å². The SMILES string of the molecule is COCCO[C@@H]1C[C@@H](CO)O[C@H]1n1cc(C)c(N)nc1=O. The smallest absolute Gasteiger partial charge is 0.351 e. The van der Waals surface area contributed by atoms with Crippen molar-refractivity contribution in [3.8, 4) is 0 Å². The molecule has 0 aliphatic carbocycles. The van der Waals surface area contributed by atoms with Crippen molar-refractivity contribution in [2.75, 3.05) is 32.7 Å². The second-order valence-corrected chi connectivity index (χ2v) is 4.97. The molecular weight excluding hydrogens is 278 g/mol. The van der Waals surface area contributed by atoms with Crippen LogP contribution in [0.2, 0.25) is 0 Å². The molecule has 1 aromatic rings. The number of anilines is 1. The molecule has 0 spiro atoms. The van der Waals surface area contributed by atoms with Gasteiger partial charge in [-0.1, -0.05) is 0 Å². The molecule has 21 heavy (non-hydrogen) atoms. The average Bonchev–Trinajstić information content (AvgIpc) is 2.86. The van der Waals surface area contributed by atoms with Crippen LogP contribution in [0.5, 0.6) is 0 Å². The summed E-state index contributed by atoms with van der Waals surface area (Å²) in [6.45, 7) is 2.46. The third kappa shape index (κ3) is 3.59. The molecule has 118 valence electrons. The van der Waals surface area contributed by atoms with Crippen molar-refractivity contribution >= 4 is 5.82 Å². The number of aromatic nitrogens is 2. The largest absolute Gasteiger partial charge is 0.394 e. The summed E-state index contributed by atoms with van der Waals surface area (Å²) in [4.78, 5) is 15.8. The first kappa shape index (κ1) is 15.9. The molecule has 3 N–H and O–H groups in total. The number of hydrogen-bond donors (Lipinski definition) is 2. The molecule has 0 aromatic carbocycles. The quantitative estimate of drug-likeness (QED) is 0.678. The molecular formula is C13H21N3O5. The number of nitrogen functional groups attached to an aromatic ring is 1. The van der Waals surface area contributed by atoms with Crippen LogP contribution in [0.4, 0.5) is 5.82 Å². The predicted octanol–water partition coefficient (Wildman–Crippen LogP) is -0.555. The van der Waals surface area contributed by atoms with Gasteiger partial charge in [-0.05, 0) is 6.92 Å². The number of nitrogens with zero attached hydrogens (tertiary/aromatic N) is 2. The Labute approximate surface area is 122 Å². The third-order valence-electron chi connectivity index (χ3n) is 3.42. The zero-order chi connectivity index (χ0) is 15.4. The summed E-state index contributed by atoms with van der Waals surface area (Å²) in [5, 5.41) is 9.26. The van der Waals surface area contributed by atoms with E-state index in [-0.39, 0.29) is 24.6 Å². The van der Waals surface area contributed by atoms with Crippen LogP contribution < -0.4 is 11.4 Å². The Morgan fingerprint density at radius 2 is 2.33 bits per heavy atom. The fraction of sp³-hybridized carbons (Fsp3) is 0.692. The summed E-state index contributed by atoms with van der Waals surface area (Å²) in [5.41, 5.74) is 5.81. The molecule has 0 saturated carbocycles. The number of ether oxygens (including phenoxy) is 3. The van der Waals surface area contributed by atoms with Crippen molar-refractivity contribution < 1.29 is 19.3 Å². The van der Waals surface area contributed by atoms with Crippen LogP contribution in [0, 0.1) is 6.92 Å². The number of hydrogen-bond acceptors (Lipinski definition) is 7. The summed E-state index contributed by atoms with van der Waals surface area (Å²) in [5.74, 6) is 0.199. The van der Waals surface area contributed by atoms with E-state index < -0.39 is 11.9 Å². The molecule has 0 radical (unpaired) electrons. The Balaban J connectivity index is 2.22. The van der Waals surface area contributed by atoms with Crippen LogP contribution in [0.1, 0.15) is 18.2 Å². The van der Waals surface area contributed by atoms with E-state index in [0.717, 1.165) is 0 Å². The lowest BCUT2D eigenvalue weighted by Gasteiger charge is -2.21. The Bertz CT molecular complexity index is 533. The minimum absolute atomic E-state index is 0.128. The molecule has 1 fully saturated rings. The molecule has 1 saturated heterocycles. The van der Waals surface area contributed by atoms with E-state index in [1.807, 2.05) is 0 Å². The molecule has 2 rings (SSSR count). The topological polar surface area (TPSA) is 109 Å². The summed E-state index contributed by atoms with van der Waals surface area (Å²) >= 11 is 0. The van der Waals surface area contributed by atoms with Crippen LogP contribution in [0.25, 0.3) is 0 Å². The lowest BCUT2D eigenvalue weighted by Crippen LogP contribution is -2.34. The molecule has 2 heterocycles. The Kier molecular flexibility index (Phi) is 5.29. The van der Waals surface area contributed by atoms with Crippen LogP contribution in [-0.2, 0) is 14.2 Å². The van der Waals surface area contributed by atoms with Crippen molar-refractivity contribution in [3.05, 3.63) is 22.2 Å². The number of nitrogens with two attached hydrogens (primary N) is 1. The minimum atomic E-state index is -0.627. The van der Waals surface area contributed by atoms with Gasteiger partial charge in [-0.25, -0.2) is 4.79 Å². The standard InChI is InChI=1S/C13H21N3O5/c1-8-6-16(13(18)15-11(8)14)12-10(20-4-3-19-2)5-9(7-17)21-12/h6,9-10,12,17H,3-5,7H2,1-2H3,(H2,14,15,18)/t9-,10+,12+/m0/s1.